The molecule has 0 aromatic heterocycles. The molecule has 3 rings (SSSR count). The van der Waals surface area contributed by atoms with Gasteiger partial charge in [-0.2, -0.15) is 0 Å². The van der Waals surface area contributed by atoms with Crippen LogP contribution in [0.4, 0.5) is 5.69 Å². The van der Waals surface area contributed by atoms with Crippen LogP contribution in [0.5, 0.6) is 0 Å². The summed E-state index contributed by atoms with van der Waals surface area (Å²) in [6.07, 6.45) is 2.40. The Hall–Kier alpha value is -3.39. The Bertz CT molecular complexity index is 1290. The smallest absolute Gasteiger partial charge is 0.244 e. The molecule has 0 unspecified atom stereocenters. The van der Waals surface area contributed by atoms with E-state index in [4.69, 9.17) is 0 Å². The Labute approximate surface area is 214 Å². The van der Waals surface area contributed by atoms with Gasteiger partial charge < -0.3 is 10.2 Å². The highest BCUT2D eigenvalue weighted by Crippen LogP contribution is 2.28. The van der Waals surface area contributed by atoms with Gasteiger partial charge in [0.15, 0.2) is 0 Å². The van der Waals surface area contributed by atoms with Crippen LogP contribution in [0, 0.1) is 0 Å². The summed E-state index contributed by atoms with van der Waals surface area (Å²) in [6, 6.07) is 21.7. The van der Waals surface area contributed by atoms with Crippen molar-refractivity contribution in [2.75, 3.05) is 23.7 Å². The van der Waals surface area contributed by atoms with Crippen LogP contribution >= 0.6 is 0 Å². The number of anilines is 1. The number of carbonyl (C=O) groups excluding carboxylic acids is 2. The van der Waals surface area contributed by atoms with Gasteiger partial charge in [0.1, 0.15) is 12.6 Å². The number of nitrogens with one attached hydrogen (secondary N) is 1. The maximum Gasteiger partial charge on any atom is 0.244 e. The first-order valence-corrected chi connectivity index (χ1v) is 14.1. The molecule has 2 atom stereocenters. The second kappa shape index (κ2) is 12.0. The Balaban J connectivity index is 1.93. The zero-order valence-electron chi connectivity index (χ0n) is 21.3. The normalized spacial score (nSPS) is 13.1. The van der Waals surface area contributed by atoms with E-state index in [1.165, 1.54) is 4.90 Å². The van der Waals surface area contributed by atoms with Crippen LogP contribution in [0.25, 0.3) is 10.8 Å². The summed E-state index contributed by atoms with van der Waals surface area (Å²) in [5.41, 5.74) is 1.46. The highest BCUT2D eigenvalue weighted by atomic mass is 32.2. The molecule has 0 saturated heterocycles. The highest BCUT2D eigenvalue weighted by molar-refractivity contribution is 7.92. The Morgan fingerprint density at radius 2 is 1.56 bits per heavy atom. The number of hydrogen-bond donors (Lipinski definition) is 1. The van der Waals surface area contributed by atoms with E-state index in [1.54, 1.807) is 19.1 Å². The Morgan fingerprint density at radius 1 is 0.917 bits per heavy atom. The lowest BCUT2D eigenvalue weighted by molar-refractivity contribution is -0.139. The van der Waals surface area contributed by atoms with E-state index >= 15 is 0 Å². The summed E-state index contributed by atoms with van der Waals surface area (Å²) >= 11 is 0. The third kappa shape index (κ3) is 6.85. The number of sulfonamides is 1. The SMILES string of the molecule is CC[C@@H](C)NC(=O)[C@@H](C)N(CCc1ccccc1)C(=O)CN(c1cccc2ccccc12)S(C)(=O)=O. The second-order valence-corrected chi connectivity index (χ2v) is 11.0. The molecule has 0 aliphatic heterocycles. The van der Waals surface area contributed by atoms with Crippen molar-refractivity contribution in [1.29, 1.82) is 0 Å². The van der Waals surface area contributed by atoms with Gasteiger partial charge in [0.25, 0.3) is 0 Å². The van der Waals surface area contributed by atoms with Gasteiger partial charge in [0.2, 0.25) is 21.8 Å². The molecule has 0 bridgehead atoms. The van der Waals surface area contributed by atoms with Crippen LogP contribution in [-0.2, 0) is 26.0 Å². The summed E-state index contributed by atoms with van der Waals surface area (Å²) in [6.45, 7) is 5.45. The maximum atomic E-state index is 13.7. The minimum absolute atomic E-state index is 0.0331. The predicted molar refractivity (Wildman–Crippen MR) is 145 cm³/mol. The first-order valence-electron chi connectivity index (χ1n) is 12.2. The fourth-order valence-electron chi connectivity index (χ4n) is 4.06. The molecule has 8 heteroatoms. The van der Waals surface area contributed by atoms with Crippen molar-refractivity contribution in [2.45, 2.75) is 45.7 Å². The van der Waals surface area contributed by atoms with Crippen LogP contribution < -0.4 is 9.62 Å². The van der Waals surface area contributed by atoms with Crippen molar-refractivity contribution in [1.82, 2.24) is 10.2 Å². The van der Waals surface area contributed by atoms with Gasteiger partial charge >= 0.3 is 0 Å². The lowest BCUT2D eigenvalue weighted by Crippen LogP contribution is -2.53. The van der Waals surface area contributed by atoms with Gasteiger partial charge in [-0.25, -0.2) is 8.42 Å². The molecule has 0 saturated carbocycles. The van der Waals surface area contributed by atoms with Crippen LogP contribution in [0.2, 0.25) is 0 Å². The van der Waals surface area contributed by atoms with Gasteiger partial charge in [0.05, 0.1) is 11.9 Å². The quantitative estimate of drug-likeness (QED) is 0.424. The van der Waals surface area contributed by atoms with E-state index in [9.17, 15) is 18.0 Å². The standard InChI is InChI=1S/C28H35N3O4S/c1-5-21(2)29-28(33)22(3)30(19-18-23-12-7-6-8-13-23)27(32)20-31(36(4,34)35)26-17-11-15-24-14-9-10-16-25(24)26/h6-17,21-22H,5,18-20H2,1-4H3,(H,29,33)/t21-,22-/m1/s1. The van der Waals surface area contributed by atoms with E-state index in [0.29, 0.717) is 12.1 Å². The average Bonchev–Trinajstić information content (AvgIpc) is 2.86. The van der Waals surface area contributed by atoms with Gasteiger partial charge in [-0.15, -0.1) is 0 Å². The highest BCUT2D eigenvalue weighted by Gasteiger charge is 2.30. The molecule has 0 spiro atoms. The summed E-state index contributed by atoms with van der Waals surface area (Å²) in [7, 11) is -3.79. The van der Waals surface area contributed by atoms with Crippen LogP contribution in [-0.4, -0.2) is 56.6 Å². The van der Waals surface area contributed by atoms with Crippen LogP contribution in [0.1, 0.15) is 32.8 Å². The molecule has 0 aliphatic carbocycles. The maximum absolute atomic E-state index is 13.7. The minimum atomic E-state index is -3.79. The number of fused-ring (bicyclic) bond motifs is 1. The molecule has 0 aliphatic rings. The fourth-order valence-corrected chi connectivity index (χ4v) is 4.92. The Kier molecular flexibility index (Phi) is 9.09. The molecule has 0 radical (unpaired) electrons. The Morgan fingerprint density at radius 3 is 2.22 bits per heavy atom. The minimum Gasteiger partial charge on any atom is -0.352 e. The van der Waals surface area contributed by atoms with Gasteiger partial charge in [-0.3, -0.25) is 13.9 Å². The number of hydrogen-bond acceptors (Lipinski definition) is 4. The summed E-state index contributed by atoms with van der Waals surface area (Å²) in [4.78, 5) is 28.1. The first-order chi connectivity index (χ1) is 17.1. The molecular formula is C28H35N3O4S. The largest absolute Gasteiger partial charge is 0.352 e. The first kappa shape index (κ1) is 27.2. The van der Waals surface area contributed by atoms with E-state index < -0.39 is 28.5 Å². The third-order valence-corrected chi connectivity index (χ3v) is 7.49. The predicted octanol–water partition coefficient (Wildman–Crippen LogP) is 3.98. The van der Waals surface area contributed by atoms with E-state index in [1.807, 2.05) is 74.5 Å². The van der Waals surface area contributed by atoms with E-state index in [0.717, 1.165) is 33.3 Å². The molecule has 0 heterocycles. The van der Waals surface area contributed by atoms with Gasteiger partial charge in [0, 0.05) is 18.0 Å². The molecule has 1 N–H and O–H groups in total. The zero-order valence-corrected chi connectivity index (χ0v) is 22.2. The molecule has 0 fully saturated rings. The van der Waals surface area contributed by atoms with Crippen molar-refractivity contribution in [3.8, 4) is 0 Å². The number of amides is 2. The molecule has 3 aromatic carbocycles. The monoisotopic (exact) mass is 509 g/mol. The van der Waals surface area contributed by atoms with E-state index in [-0.39, 0.29) is 18.5 Å². The van der Waals surface area contributed by atoms with Crippen molar-refractivity contribution in [3.05, 3.63) is 78.4 Å². The van der Waals surface area contributed by atoms with Crippen molar-refractivity contribution in [2.24, 2.45) is 0 Å². The molecule has 192 valence electrons. The zero-order chi connectivity index (χ0) is 26.3. The van der Waals surface area contributed by atoms with Crippen LogP contribution in [0.15, 0.2) is 72.8 Å². The number of carbonyl (C=O) groups is 2. The van der Waals surface area contributed by atoms with Crippen LogP contribution in [0.3, 0.4) is 0 Å². The topological polar surface area (TPSA) is 86.8 Å². The summed E-state index contributed by atoms with van der Waals surface area (Å²) in [5, 5.41) is 4.54. The molecule has 7 nitrogen and oxygen atoms in total. The fraction of sp³-hybridized carbons (Fsp3) is 0.357. The molecule has 3 aromatic rings. The lowest BCUT2D eigenvalue weighted by atomic mass is 10.1. The van der Waals surface area contributed by atoms with Gasteiger partial charge in [-0.1, -0.05) is 73.7 Å². The summed E-state index contributed by atoms with van der Waals surface area (Å²) in [5.74, 6) is -0.696. The van der Waals surface area contributed by atoms with Crippen molar-refractivity contribution < 1.29 is 18.0 Å². The van der Waals surface area contributed by atoms with Crippen molar-refractivity contribution in [3.63, 3.8) is 0 Å². The van der Waals surface area contributed by atoms with Crippen molar-refractivity contribution >= 4 is 38.3 Å². The molecular weight excluding hydrogens is 474 g/mol. The average molecular weight is 510 g/mol. The molecule has 36 heavy (non-hydrogen) atoms. The summed E-state index contributed by atoms with van der Waals surface area (Å²) < 4.78 is 26.9. The van der Waals surface area contributed by atoms with E-state index in [2.05, 4.69) is 5.32 Å². The lowest BCUT2D eigenvalue weighted by Gasteiger charge is -2.32. The number of benzene rings is 3. The molecule has 2 amide bonds. The van der Waals surface area contributed by atoms with Gasteiger partial charge in [-0.05, 0) is 43.7 Å². The number of rotatable bonds is 11. The second-order valence-electron chi connectivity index (χ2n) is 9.08. The third-order valence-electron chi connectivity index (χ3n) is 6.37. The number of nitrogens with zero attached hydrogens (tertiary/aromatic N) is 2.